The summed E-state index contributed by atoms with van der Waals surface area (Å²) in [5.41, 5.74) is 7.96. The first-order chi connectivity index (χ1) is 9.19. The molecule has 1 rings (SSSR count). The van der Waals surface area contributed by atoms with Gasteiger partial charge >= 0.3 is 0 Å². The second-order valence-corrected chi connectivity index (χ2v) is 4.52. The molecule has 0 aliphatic heterocycles. The zero-order valence-corrected chi connectivity index (χ0v) is 11.8. The van der Waals surface area contributed by atoms with Gasteiger partial charge in [-0.15, -0.1) is 0 Å². The zero-order valence-electron chi connectivity index (χ0n) is 11.8. The van der Waals surface area contributed by atoms with Crippen LogP contribution in [-0.2, 0) is 22.7 Å². The first kappa shape index (κ1) is 15.7. The van der Waals surface area contributed by atoms with Crippen molar-refractivity contribution in [1.82, 2.24) is 5.32 Å². The third-order valence-corrected chi connectivity index (χ3v) is 2.97. The minimum Gasteiger partial charge on any atom is -0.377 e. The number of benzene rings is 1. The molecule has 0 bridgehead atoms. The van der Waals surface area contributed by atoms with Gasteiger partial charge in [0, 0.05) is 13.2 Å². The molecule has 106 valence electrons. The molecule has 0 saturated carbocycles. The van der Waals surface area contributed by atoms with Crippen LogP contribution in [0.15, 0.2) is 24.3 Å². The molecule has 0 fully saturated rings. The fourth-order valence-corrected chi connectivity index (χ4v) is 1.84. The molecule has 0 saturated heterocycles. The van der Waals surface area contributed by atoms with Gasteiger partial charge in [-0.05, 0) is 24.5 Å². The number of rotatable bonds is 8. The Labute approximate surface area is 115 Å². The van der Waals surface area contributed by atoms with Gasteiger partial charge in [-0.25, -0.2) is 0 Å². The number of carbonyl (C=O) groups is 1. The first-order valence-corrected chi connectivity index (χ1v) is 6.86. The van der Waals surface area contributed by atoms with E-state index in [1.54, 1.807) is 0 Å². The van der Waals surface area contributed by atoms with E-state index in [1.165, 1.54) is 0 Å². The normalized spacial score (nSPS) is 12.2. The maximum atomic E-state index is 11.8. The predicted octanol–water partition coefficient (Wildman–Crippen LogP) is 1.97. The lowest BCUT2D eigenvalue weighted by atomic mass is 10.1. The maximum Gasteiger partial charge on any atom is 0.237 e. The van der Waals surface area contributed by atoms with Crippen LogP contribution in [0, 0.1) is 0 Å². The van der Waals surface area contributed by atoms with Gasteiger partial charge in [0.05, 0.1) is 12.6 Å². The van der Waals surface area contributed by atoms with Crippen molar-refractivity contribution < 1.29 is 9.53 Å². The molecule has 0 unspecified atom stereocenters. The Balaban J connectivity index is 2.54. The summed E-state index contributed by atoms with van der Waals surface area (Å²) >= 11 is 0. The Morgan fingerprint density at radius 2 is 2.00 bits per heavy atom. The van der Waals surface area contributed by atoms with Crippen LogP contribution in [0.2, 0.25) is 0 Å². The molecule has 4 heteroatoms. The van der Waals surface area contributed by atoms with E-state index >= 15 is 0 Å². The Morgan fingerprint density at radius 3 is 2.63 bits per heavy atom. The lowest BCUT2D eigenvalue weighted by Gasteiger charge is -2.13. The lowest BCUT2D eigenvalue weighted by Crippen LogP contribution is -2.40. The first-order valence-electron chi connectivity index (χ1n) is 6.86. The van der Waals surface area contributed by atoms with E-state index in [1.807, 2.05) is 38.1 Å². The van der Waals surface area contributed by atoms with Crippen LogP contribution in [-0.4, -0.2) is 18.6 Å². The molecule has 4 nitrogen and oxygen atoms in total. The van der Waals surface area contributed by atoms with E-state index < -0.39 is 6.04 Å². The Hall–Kier alpha value is -1.39. The van der Waals surface area contributed by atoms with Crippen molar-refractivity contribution in [3.63, 3.8) is 0 Å². The SMILES string of the molecule is CCC[C@H](N)C(=O)NCc1ccccc1COCC. The summed E-state index contributed by atoms with van der Waals surface area (Å²) in [4.78, 5) is 11.8. The number of ether oxygens (including phenoxy) is 1. The van der Waals surface area contributed by atoms with E-state index in [9.17, 15) is 4.79 Å². The summed E-state index contributed by atoms with van der Waals surface area (Å²) in [5.74, 6) is -0.0898. The highest BCUT2D eigenvalue weighted by Crippen LogP contribution is 2.10. The van der Waals surface area contributed by atoms with Gasteiger partial charge in [0.15, 0.2) is 0 Å². The molecule has 3 N–H and O–H groups in total. The van der Waals surface area contributed by atoms with E-state index in [2.05, 4.69) is 5.32 Å². The maximum absolute atomic E-state index is 11.8. The van der Waals surface area contributed by atoms with Crippen LogP contribution in [0.3, 0.4) is 0 Å². The molecular weight excluding hydrogens is 240 g/mol. The fourth-order valence-electron chi connectivity index (χ4n) is 1.84. The largest absolute Gasteiger partial charge is 0.377 e. The summed E-state index contributed by atoms with van der Waals surface area (Å²) in [7, 11) is 0. The van der Waals surface area contributed by atoms with Crippen LogP contribution in [0.1, 0.15) is 37.8 Å². The van der Waals surface area contributed by atoms with Crippen LogP contribution >= 0.6 is 0 Å². The number of hydrogen-bond donors (Lipinski definition) is 2. The van der Waals surface area contributed by atoms with Gasteiger partial charge < -0.3 is 15.8 Å². The molecule has 0 heterocycles. The molecule has 0 radical (unpaired) electrons. The van der Waals surface area contributed by atoms with Crippen LogP contribution in [0.4, 0.5) is 0 Å². The third kappa shape index (κ3) is 5.41. The minimum absolute atomic E-state index is 0.0898. The van der Waals surface area contributed by atoms with Crippen LogP contribution in [0.5, 0.6) is 0 Å². The van der Waals surface area contributed by atoms with E-state index in [0.29, 0.717) is 26.2 Å². The van der Waals surface area contributed by atoms with E-state index in [0.717, 1.165) is 17.5 Å². The topological polar surface area (TPSA) is 64.4 Å². The van der Waals surface area contributed by atoms with Crippen molar-refractivity contribution >= 4 is 5.91 Å². The van der Waals surface area contributed by atoms with Gasteiger partial charge in [0.2, 0.25) is 5.91 Å². The van der Waals surface area contributed by atoms with Crippen molar-refractivity contribution in [2.75, 3.05) is 6.61 Å². The average Bonchev–Trinajstić information content (AvgIpc) is 2.43. The van der Waals surface area contributed by atoms with Crippen molar-refractivity contribution in [3.8, 4) is 0 Å². The van der Waals surface area contributed by atoms with Crippen molar-refractivity contribution in [1.29, 1.82) is 0 Å². The highest BCUT2D eigenvalue weighted by molar-refractivity contribution is 5.81. The molecule has 1 aromatic rings. The summed E-state index contributed by atoms with van der Waals surface area (Å²) < 4.78 is 5.42. The molecule has 1 aromatic carbocycles. The van der Waals surface area contributed by atoms with Crippen molar-refractivity contribution in [2.24, 2.45) is 5.73 Å². The monoisotopic (exact) mass is 264 g/mol. The summed E-state index contributed by atoms with van der Waals surface area (Å²) in [5, 5.41) is 2.88. The number of amides is 1. The van der Waals surface area contributed by atoms with Crippen molar-refractivity contribution in [3.05, 3.63) is 35.4 Å². The van der Waals surface area contributed by atoms with Gasteiger partial charge in [0.1, 0.15) is 0 Å². The molecular formula is C15H24N2O2. The predicted molar refractivity (Wildman–Crippen MR) is 76.5 cm³/mol. The quantitative estimate of drug-likeness (QED) is 0.754. The second kappa shape index (κ2) is 8.67. The molecule has 0 aliphatic carbocycles. The Bertz CT molecular complexity index is 393. The van der Waals surface area contributed by atoms with E-state index in [-0.39, 0.29) is 5.91 Å². The number of nitrogens with one attached hydrogen (secondary N) is 1. The molecule has 19 heavy (non-hydrogen) atoms. The fraction of sp³-hybridized carbons (Fsp3) is 0.533. The molecule has 1 amide bonds. The van der Waals surface area contributed by atoms with Crippen molar-refractivity contribution in [2.45, 2.75) is 45.9 Å². The standard InChI is InChI=1S/C15H24N2O2/c1-3-7-14(16)15(18)17-10-12-8-5-6-9-13(12)11-19-4-2/h5-6,8-9,14H,3-4,7,10-11,16H2,1-2H3,(H,17,18)/t14-/m0/s1. The average molecular weight is 264 g/mol. The molecule has 0 spiro atoms. The Kier molecular flexibility index (Phi) is 7.15. The zero-order chi connectivity index (χ0) is 14.1. The van der Waals surface area contributed by atoms with Crippen LogP contribution < -0.4 is 11.1 Å². The highest BCUT2D eigenvalue weighted by Gasteiger charge is 2.12. The van der Waals surface area contributed by atoms with Gasteiger partial charge in [-0.1, -0.05) is 37.6 Å². The molecule has 0 aliphatic rings. The van der Waals surface area contributed by atoms with Crippen LogP contribution in [0.25, 0.3) is 0 Å². The number of hydrogen-bond acceptors (Lipinski definition) is 3. The number of carbonyl (C=O) groups excluding carboxylic acids is 1. The summed E-state index contributed by atoms with van der Waals surface area (Å²) in [6.07, 6.45) is 1.63. The molecule has 1 atom stereocenters. The van der Waals surface area contributed by atoms with Gasteiger partial charge in [0.25, 0.3) is 0 Å². The lowest BCUT2D eigenvalue weighted by molar-refractivity contribution is -0.122. The second-order valence-electron chi connectivity index (χ2n) is 4.52. The van der Waals surface area contributed by atoms with E-state index in [4.69, 9.17) is 10.5 Å². The smallest absolute Gasteiger partial charge is 0.237 e. The van der Waals surface area contributed by atoms with Gasteiger partial charge in [-0.3, -0.25) is 4.79 Å². The number of nitrogens with two attached hydrogens (primary N) is 1. The molecule has 0 aromatic heterocycles. The van der Waals surface area contributed by atoms with Gasteiger partial charge in [-0.2, -0.15) is 0 Å². The third-order valence-electron chi connectivity index (χ3n) is 2.97. The minimum atomic E-state index is -0.413. The summed E-state index contributed by atoms with van der Waals surface area (Å²) in [6.45, 7) is 5.74. The summed E-state index contributed by atoms with van der Waals surface area (Å²) in [6, 6.07) is 7.54. The highest BCUT2D eigenvalue weighted by atomic mass is 16.5. The Morgan fingerprint density at radius 1 is 1.32 bits per heavy atom.